The van der Waals surface area contributed by atoms with Crippen LogP contribution in [0.4, 0.5) is 9.93 Å². The van der Waals surface area contributed by atoms with Crippen molar-refractivity contribution in [2.75, 3.05) is 18.6 Å². The number of carbonyl (C=O) groups is 1. The van der Waals surface area contributed by atoms with E-state index in [4.69, 9.17) is 9.84 Å². The number of hydrogen-bond acceptors (Lipinski definition) is 4. The fraction of sp³-hybridized carbons (Fsp3) is 0.231. The highest BCUT2D eigenvalue weighted by Crippen LogP contribution is 2.28. The first-order chi connectivity index (χ1) is 9.15. The Labute approximate surface area is 115 Å². The van der Waals surface area contributed by atoms with Crippen molar-refractivity contribution in [1.82, 2.24) is 4.98 Å². The molecule has 0 aliphatic heterocycles. The zero-order chi connectivity index (χ0) is 13.8. The summed E-state index contributed by atoms with van der Waals surface area (Å²) in [5.41, 5.74) is 1.70. The first kappa shape index (κ1) is 13.4. The Morgan fingerprint density at radius 1 is 1.42 bits per heavy atom. The van der Waals surface area contributed by atoms with Gasteiger partial charge < -0.3 is 9.84 Å². The Hall–Kier alpha value is -2.08. The number of anilines is 1. The fourth-order valence-corrected chi connectivity index (χ4v) is 2.53. The van der Waals surface area contributed by atoms with Gasteiger partial charge in [-0.15, -0.1) is 11.3 Å². The summed E-state index contributed by atoms with van der Waals surface area (Å²) in [5, 5.41) is 11.4. The van der Waals surface area contributed by atoms with Crippen LogP contribution in [-0.4, -0.2) is 29.8 Å². The van der Waals surface area contributed by atoms with Gasteiger partial charge in [-0.1, -0.05) is 0 Å². The predicted octanol–water partition coefficient (Wildman–Crippen LogP) is 3.32. The fourth-order valence-electron chi connectivity index (χ4n) is 1.63. The van der Waals surface area contributed by atoms with Crippen LogP contribution in [0.2, 0.25) is 0 Å². The minimum atomic E-state index is -0.988. The molecule has 1 heterocycles. The molecule has 1 N–H and O–H groups in total. The molecule has 0 saturated carbocycles. The lowest BCUT2D eigenvalue weighted by atomic mass is 10.2. The maximum atomic E-state index is 11.0. The number of carboxylic acid groups (broad SMARTS) is 1. The molecule has 0 fully saturated rings. The van der Waals surface area contributed by atoms with Gasteiger partial charge >= 0.3 is 6.09 Å². The van der Waals surface area contributed by atoms with Crippen LogP contribution in [0.3, 0.4) is 0 Å². The summed E-state index contributed by atoms with van der Waals surface area (Å²) in [6.07, 6.45) is -0.988. The van der Waals surface area contributed by atoms with Gasteiger partial charge in [0.1, 0.15) is 5.75 Å². The molecule has 2 aromatic rings. The number of methoxy groups -OCH3 is 1. The SMILES string of the molecule is CCN(C(=O)O)c1nc(-c2ccc(OC)cc2)cs1. The van der Waals surface area contributed by atoms with E-state index < -0.39 is 6.09 Å². The highest BCUT2D eigenvalue weighted by Gasteiger charge is 2.16. The van der Waals surface area contributed by atoms with Gasteiger partial charge in [0.2, 0.25) is 0 Å². The molecule has 5 nitrogen and oxygen atoms in total. The number of rotatable bonds is 4. The van der Waals surface area contributed by atoms with Gasteiger partial charge in [-0.05, 0) is 31.2 Å². The van der Waals surface area contributed by atoms with E-state index in [1.54, 1.807) is 14.0 Å². The molecular formula is C13H14N2O3S. The quantitative estimate of drug-likeness (QED) is 0.931. The van der Waals surface area contributed by atoms with Gasteiger partial charge in [0.25, 0.3) is 0 Å². The number of aromatic nitrogens is 1. The highest BCUT2D eigenvalue weighted by atomic mass is 32.1. The summed E-state index contributed by atoms with van der Waals surface area (Å²) in [4.78, 5) is 16.6. The maximum absolute atomic E-state index is 11.0. The third-order valence-corrected chi connectivity index (χ3v) is 3.52. The molecule has 100 valence electrons. The van der Waals surface area contributed by atoms with Gasteiger partial charge in [0, 0.05) is 17.5 Å². The molecule has 0 atom stereocenters. The van der Waals surface area contributed by atoms with Crippen molar-refractivity contribution in [3.8, 4) is 17.0 Å². The number of benzene rings is 1. The summed E-state index contributed by atoms with van der Waals surface area (Å²) in [7, 11) is 1.61. The predicted molar refractivity (Wildman–Crippen MR) is 75.1 cm³/mol. The van der Waals surface area contributed by atoms with Crippen LogP contribution in [0.15, 0.2) is 29.6 Å². The maximum Gasteiger partial charge on any atom is 0.413 e. The molecule has 1 aromatic heterocycles. The van der Waals surface area contributed by atoms with Crippen molar-refractivity contribution < 1.29 is 14.6 Å². The summed E-state index contributed by atoms with van der Waals surface area (Å²) in [6, 6.07) is 7.50. The molecule has 1 aromatic carbocycles. The zero-order valence-electron chi connectivity index (χ0n) is 10.7. The van der Waals surface area contributed by atoms with E-state index in [2.05, 4.69) is 4.98 Å². The Morgan fingerprint density at radius 2 is 2.11 bits per heavy atom. The minimum absolute atomic E-state index is 0.380. The number of hydrogen-bond donors (Lipinski definition) is 1. The second kappa shape index (κ2) is 5.71. The van der Waals surface area contributed by atoms with Crippen LogP contribution in [0.25, 0.3) is 11.3 Å². The van der Waals surface area contributed by atoms with Crippen LogP contribution in [-0.2, 0) is 0 Å². The summed E-state index contributed by atoms with van der Waals surface area (Å²) in [6.45, 7) is 2.16. The molecule has 0 radical (unpaired) electrons. The largest absolute Gasteiger partial charge is 0.497 e. The smallest absolute Gasteiger partial charge is 0.413 e. The van der Waals surface area contributed by atoms with Gasteiger partial charge in [-0.2, -0.15) is 0 Å². The monoisotopic (exact) mass is 278 g/mol. The van der Waals surface area contributed by atoms with Crippen molar-refractivity contribution in [3.05, 3.63) is 29.6 Å². The molecule has 6 heteroatoms. The Morgan fingerprint density at radius 3 is 2.63 bits per heavy atom. The Bertz CT molecular complexity index is 566. The van der Waals surface area contributed by atoms with E-state index in [0.717, 1.165) is 17.0 Å². The highest BCUT2D eigenvalue weighted by molar-refractivity contribution is 7.14. The Balaban J connectivity index is 2.26. The molecule has 0 aliphatic carbocycles. The van der Waals surface area contributed by atoms with E-state index in [0.29, 0.717) is 11.7 Å². The van der Waals surface area contributed by atoms with E-state index in [1.165, 1.54) is 16.2 Å². The average molecular weight is 278 g/mol. The van der Waals surface area contributed by atoms with Crippen LogP contribution < -0.4 is 9.64 Å². The van der Waals surface area contributed by atoms with Crippen molar-refractivity contribution in [3.63, 3.8) is 0 Å². The molecule has 0 bridgehead atoms. The normalized spacial score (nSPS) is 10.2. The Kier molecular flexibility index (Phi) is 4.01. The van der Waals surface area contributed by atoms with E-state index in [9.17, 15) is 4.79 Å². The average Bonchev–Trinajstić information content (AvgIpc) is 2.89. The molecule has 0 spiro atoms. The number of nitrogens with zero attached hydrogens (tertiary/aromatic N) is 2. The van der Waals surface area contributed by atoms with Crippen LogP contribution in [0, 0.1) is 0 Å². The first-order valence-corrected chi connectivity index (χ1v) is 6.64. The third kappa shape index (κ3) is 2.85. The van der Waals surface area contributed by atoms with E-state index in [1.807, 2.05) is 29.6 Å². The standard InChI is InChI=1S/C13H14N2O3S/c1-3-15(13(16)17)12-14-11(8-19-12)9-4-6-10(18-2)7-5-9/h4-8H,3H2,1-2H3,(H,16,17). The van der Waals surface area contributed by atoms with Crippen LogP contribution >= 0.6 is 11.3 Å². The molecule has 19 heavy (non-hydrogen) atoms. The number of thiazole rings is 1. The second-order valence-corrected chi connectivity index (χ2v) is 4.61. The first-order valence-electron chi connectivity index (χ1n) is 5.76. The zero-order valence-corrected chi connectivity index (χ0v) is 11.5. The van der Waals surface area contributed by atoms with Crippen molar-refractivity contribution >= 4 is 22.6 Å². The van der Waals surface area contributed by atoms with Crippen molar-refractivity contribution in [2.45, 2.75) is 6.92 Å². The van der Waals surface area contributed by atoms with Crippen LogP contribution in [0.5, 0.6) is 5.75 Å². The number of amides is 1. The van der Waals surface area contributed by atoms with Crippen molar-refractivity contribution in [2.24, 2.45) is 0 Å². The molecule has 0 unspecified atom stereocenters. The molecular weight excluding hydrogens is 264 g/mol. The summed E-state index contributed by atoms with van der Waals surface area (Å²) < 4.78 is 5.09. The van der Waals surface area contributed by atoms with Crippen molar-refractivity contribution in [1.29, 1.82) is 0 Å². The summed E-state index contributed by atoms with van der Waals surface area (Å²) in [5.74, 6) is 0.778. The second-order valence-electron chi connectivity index (χ2n) is 3.77. The molecule has 0 saturated heterocycles. The van der Waals surface area contributed by atoms with Crippen LogP contribution in [0.1, 0.15) is 6.92 Å². The van der Waals surface area contributed by atoms with Gasteiger partial charge in [-0.25, -0.2) is 9.78 Å². The number of ether oxygens (including phenoxy) is 1. The lowest BCUT2D eigenvalue weighted by Crippen LogP contribution is -2.28. The molecule has 2 rings (SSSR count). The molecule has 0 aliphatic rings. The summed E-state index contributed by atoms with van der Waals surface area (Å²) >= 11 is 1.32. The minimum Gasteiger partial charge on any atom is -0.497 e. The van der Waals surface area contributed by atoms with E-state index >= 15 is 0 Å². The lowest BCUT2D eigenvalue weighted by Gasteiger charge is -2.12. The van der Waals surface area contributed by atoms with Gasteiger partial charge in [0.15, 0.2) is 5.13 Å². The van der Waals surface area contributed by atoms with E-state index in [-0.39, 0.29) is 0 Å². The lowest BCUT2D eigenvalue weighted by molar-refractivity contribution is 0.202. The topological polar surface area (TPSA) is 62.7 Å². The van der Waals surface area contributed by atoms with Gasteiger partial charge in [0.05, 0.1) is 12.8 Å². The van der Waals surface area contributed by atoms with Gasteiger partial charge in [-0.3, -0.25) is 4.90 Å². The molecule has 1 amide bonds. The third-order valence-electron chi connectivity index (χ3n) is 2.66.